The third-order valence-electron chi connectivity index (χ3n) is 13.6. The van der Waals surface area contributed by atoms with Gasteiger partial charge in [0.25, 0.3) is 0 Å². The lowest BCUT2D eigenvalue weighted by atomic mass is 9.91. The zero-order chi connectivity index (χ0) is 45.7. The summed E-state index contributed by atoms with van der Waals surface area (Å²) in [6, 6.07) is 96.2. The van der Waals surface area contributed by atoms with E-state index in [0.717, 1.165) is 89.2 Å². The highest BCUT2D eigenvalue weighted by molar-refractivity contribution is 6.11. The SMILES string of the molecule is c1ccc(-c2cccc(-c3ccccc3N(c3ccc(-c4cccc5c4oc4ccccc45)cc3)c3ccccc3-c3ccccc3-c3ccccc3-n3c4ccccc4c4ccccc43)c2)cc1. The maximum Gasteiger partial charge on any atom is 0.143 e. The van der Waals surface area contributed by atoms with Crippen LogP contribution in [0.2, 0.25) is 0 Å². The first-order valence-corrected chi connectivity index (χ1v) is 23.6. The fourth-order valence-electron chi connectivity index (χ4n) is 10.5. The van der Waals surface area contributed by atoms with Crippen molar-refractivity contribution >= 4 is 60.8 Å². The van der Waals surface area contributed by atoms with E-state index < -0.39 is 0 Å². The smallest absolute Gasteiger partial charge is 0.143 e. The summed E-state index contributed by atoms with van der Waals surface area (Å²) in [5.41, 5.74) is 19.8. The molecule has 3 heteroatoms. The van der Waals surface area contributed by atoms with Crippen LogP contribution >= 0.6 is 0 Å². The molecule has 0 unspecified atom stereocenters. The molecule has 0 fully saturated rings. The standard InChI is InChI=1S/C66H44N2O/c1-2-20-45(21-3-1)47-22-18-23-48(44-47)50-24-6-12-34-60(50)67(49-42-40-46(41-43-49)51-32-19-33-59-58-31-11-17-39-65(58)69-66(51)59)61-35-13-7-27-54(61)52-25-4-5-26-53(52)55-28-8-14-36-62(55)68-63-37-15-9-29-56(63)57-30-10-16-38-64(57)68/h1-44H. The number of benzene rings is 11. The largest absolute Gasteiger partial charge is 0.455 e. The monoisotopic (exact) mass is 880 g/mol. The molecule has 0 aliphatic carbocycles. The number of furan rings is 1. The quantitative estimate of drug-likeness (QED) is 0.144. The van der Waals surface area contributed by atoms with E-state index >= 15 is 0 Å². The summed E-state index contributed by atoms with van der Waals surface area (Å²) >= 11 is 0. The van der Waals surface area contributed by atoms with E-state index in [1.165, 1.54) is 32.9 Å². The number of fused-ring (bicyclic) bond motifs is 6. The molecule has 0 saturated carbocycles. The molecule has 0 atom stereocenters. The number of nitrogens with zero attached hydrogens (tertiary/aromatic N) is 2. The van der Waals surface area contributed by atoms with Crippen LogP contribution in [0.4, 0.5) is 17.1 Å². The molecule has 0 saturated heterocycles. The fraction of sp³-hybridized carbons (Fsp3) is 0. The lowest BCUT2D eigenvalue weighted by Gasteiger charge is -2.30. The third kappa shape index (κ3) is 6.91. The molecule has 3 nitrogen and oxygen atoms in total. The molecule has 69 heavy (non-hydrogen) atoms. The van der Waals surface area contributed by atoms with Gasteiger partial charge in [-0.2, -0.15) is 0 Å². The molecule has 0 aliphatic heterocycles. The fourth-order valence-corrected chi connectivity index (χ4v) is 10.5. The van der Waals surface area contributed by atoms with Gasteiger partial charge >= 0.3 is 0 Å². The predicted molar refractivity (Wildman–Crippen MR) is 290 cm³/mol. The molecule has 324 valence electrons. The molecule has 0 bridgehead atoms. The highest BCUT2D eigenvalue weighted by Crippen LogP contribution is 2.48. The maximum absolute atomic E-state index is 6.54. The Labute approximate surface area is 401 Å². The summed E-state index contributed by atoms with van der Waals surface area (Å²) in [4.78, 5) is 2.45. The first-order chi connectivity index (χ1) is 34.3. The molecule has 2 aromatic heterocycles. The Kier molecular flexibility index (Phi) is 9.84. The summed E-state index contributed by atoms with van der Waals surface area (Å²) in [7, 11) is 0. The number of rotatable bonds is 9. The van der Waals surface area contributed by atoms with Crippen molar-refractivity contribution in [2.45, 2.75) is 0 Å². The van der Waals surface area contributed by atoms with E-state index in [4.69, 9.17) is 4.42 Å². The molecule has 0 N–H and O–H groups in total. The lowest BCUT2D eigenvalue weighted by Crippen LogP contribution is -2.12. The second-order valence-electron chi connectivity index (χ2n) is 17.6. The molecule has 0 aliphatic rings. The molecule has 2 heterocycles. The Balaban J connectivity index is 1.01. The van der Waals surface area contributed by atoms with Crippen LogP contribution in [0, 0.1) is 0 Å². The van der Waals surface area contributed by atoms with Gasteiger partial charge < -0.3 is 13.9 Å². The zero-order valence-corrected chi connectivity index (χ0v) is 37.7. The first kappa shape index (κ1) is 40.1. The Morgan fingerprint density at radius 3 is 1.52 bits per heavy atom. The van der Waals surface area contributed by atoms with Crippen LogP contribution < -0.4 is 4.90 Å². The molecule has 0 amide bonds. The van der Waals surface area contributed by atoms with E-state index in [-0.39, 0.29) is 0 Å². The van der Waals surface area contributed by atoms with E-state index in [2.05, 4.69) is 264 Å². The van der Waals surface area contributed by atoms with E-state index in [0.29, 0.717) is 0 Å². The van der Waals surface area contributed by atoms with Gasteiger partial charge in [-0.05, 0) is 88.0 Å². The van der Waals surface area contributed by atoms with Crippen LogP contribution in [0.25, 0.3) is 105 Å². The molecule has 13 rings (SSSR count). The van der Waals surface area contributed by atoms with Crippen LogP contribution in [0.1, 0.15) is 0 Å². The summed E-state index contributed by atoms with van der Waals surface area (Å²) in [6.07, 6.45) is 0. The zero-order valence-electron chi connectivity index (χ0n) is 37.7. The Hall–Kier alpha value is -9.18. The predicted octanol–water partition coefficient (Wildman–Crippen LogP) is 18.5. The van der Waals surface area contributed by atoms with Crippen molar-refractivity contribution in [2.75, 3.05) is 4.90 Å². The Morgan fingerprint density at radius 1 is 0.290 bits per heavy atom. The van der Waals surface area contributed by atoms with Gasteiger partial charge in [-0.3, -0.25) is 0 Å². The number of anilines is 3. The van der Waals surface area contributed by atoms with Gasteiger partial charge in [-0.1, -0.05) is 212 Å². The number of aromatic nitrogens is 1. The van der Waals surface area contributed by atoms with Gasteiger partial charge in [0.05, 0.1) is 28.1 Å². The molecular formula is C66H44N2O. The van der Waals surface area contributed by atoms with E-state index in [9.17, 15) is 0 Å². The van der Waals surface area contributed by atoms with E-state index in [1.807, 2.05) is 12.1 Å². The van der Waals surface area contributed by atoms with Crippen LogP contribution in [-0.2, 0) is 0 Å². The highest BCUT2D eigenvalue weighted by atomic mass is 16.3. The molecule has 0 spiro atoms. The normalized spacial score (nSPS) is 11.5. The minimum absolute atomic E-state index is 0.894. The van der Waals surface area contributed by atoms with Crippen molar-refractivity contribution in [2.24, 2.45) is 0 Å². The topological polar surface area (TPSA) is 21.3 Å². The lowest BCUT2D eigenvalue weighted by molar-refractivity contribution is 0.670. The first-order valence-electron chi connectivity index (χ1n) is 23.6. The van der Waals surface area contributed by atoms with Crippen molar-refractivity contribution in [3.8, 4) is 61.3 Å². The Morgan fingerprint density at radius 2 is 0.783 bits per heavy atom. The molecular weight excluding hydrogens is 837 g/mol. The minimum Gasteiger partial charge on any atom is -0.455 e. The minimum atomic E-state index is 0.894. The van der Waals surface area contributed by atoms with Gasteiger partial charge in [0.2, 0.25) is 0 Å². The van der Waals surface area contributed by atoms with Gasteiger partial charge in [-0.15, -0.1) is 0 Å². The van der Waals surface area contributed by atoms with Gasteiger partial charge in [0.1, 0.15) is 11.2 Å². The van der Waals surface area contributed by atoms with Crippen LogP contribution in [-0.4, -0.2) is 4.57 Å². The number of hydrogen-bond acceptors (Lipinski definition) is 2. The van der Waals surface area contributed by atoms with Crippen molar-refractivity contribution in [1.29, 1.82) is 0 Å². The van der Waals surface area contributed by atoms with Gasteiger partial charge in [0, 0.05) is 49.5 Å². The average Bonchev–Trinajstić information content (AvgIpc) is 3.98. The van der Waals surface area contributed by atoms with Crippen molar-refractivity contribution in [3.05, 3.63) is 267 Å². The second-order valence-corrected chi connectivity index (χ2v) is 17.6. The Bertz CT molecular complexity index is 3970. The summed E-state index contributed by atoms with van der Waals surface area (Å²) < 4.78 is 8.97. The van der Waals surface area contributed by atoms with E-state index in [1.54, 1.807) is 0 Å². The maximum atomic E-state index is 6.54. The molecule has 11 aromatic carbocycles. The second kappa shape index (κ2) is 16.9. The molecule has 0 radical (unpaired) electrons. The average molecular weight is 881 g/mol. The van der Waals surface area contributed by atoms with Crippen LogP contribution in [0.3, 0.4) is 0 Å². The van der Waals surface area contributed by atoms with Gasteiger partial charge in [0.15, 0.2) is 0 Å². The summed E-state index contributed by atoms with van der Waals surface area (Å²) in [5.74, 6) is 0. The third-order valence-corrected chi connectivity index (χ3v) is 13.6. The summed E-state index contributed by atoms with van der Waals surface area (Å²) in [5, 5.41) is 4.73. The van der Waals surface area contributed by atoms with Crippen molar-refractivity contribution < 1.29 is 4.42 Å². The van der Waals surface area contributed by atoms with Crippen LogP contribution in [0.15, 0.2) is 271 Å². The van der Waals surface area contributed by atoms with Crippen LogP contribution in [0.5, 0.6) is 0 Å². The highest BCUT2D eigenvalue weighted by Gasteiger charge is 2.24. The number of hydrogen-bond donors (Lipinski definition) is 0. The molecule has 13 aromatic rings. The van der Waals surface area contributed by atoms with Crippen molar-refractivity contribution in [3.63, 3.8) is 0 Å². The summed E-state index contributed by atoms with van der Waals surface area (Å²) in [6.45, 7) is 0. The van der Waals surface area contributed by atoms with Crippen molar-refractivity contribution in [1.82, 2.24) is 4.57 Å². The van der Waals surface area contributed by atoms with Gasteiger partial charge in [-0.25, -0.2) is 0 Å². The number of para-hydroxylation sites is 7.